The molecule has 0 saturated carbocycles. The molecule has 2 aromatic rings. The number of hydrogen-bond acceptors (Lipinski definition) is 6. The Hall–Kier alpha value is -2.06. The van der Waals surface area contributed by atoms with Gasteiger partial charge in [-0.05, 0) is 13.0 Å². The van der Waals surface area contributed by atoms with Crippen LogP contribution in [0.15, 0.2) is 18.5 Å². The molecule has 4 N–H and O–H groups in total. The summed E-state index contributed by atoms with van der Waals surface area (Å²) in [5.41, 5.74) is 1.93. The smallest absolute Gasteiger partial charge is 0.260 e. The normalized spacial score (nSPS) is 10.2. The number of aryl methyl sites for hydroxylation is 1. The summed E-state index contributed by atoms with van der Waals surface area (Å²) in [6, 6.07) is 1.27. The molecule has 0 fully saturated rings. The molecule has 0 saturated heterocycles. The summed E-state index contributed by atoms with van der Waals surface area (Å²) >= 11 is 1.31. The molecule has 0 aromatic carbocycles. The summed E-state index contributed by atoms with van der Waals surface area (Å²) in [4.78, 5) is 20.4. The molecule has 8 heteroatoms. The molecule has 0 bridgehead atoms. The number of nitrogen functional groups attached to an aromatic ring is 1. The highest BCUT2D eigenvalue weighted by Gasteiger charge is 2.16. The van der Waals surface area contributed by atoms with Gasteiger partial charge in [0.15, 0.2) is 16.8 Å². The van der Waals surface area contributed by atoms with Crippen molar-refractivity contribution in [1.29, 1.82) is 0 Å². The maximum Gasteiger partial charge on any atom is 0.260 e. The van der Waals surface area contributed by atoms with Crippen LogP contribution in [0.3, 0.4) is 0 Å². The molecule has 0 atom stereocenters. The van der Waals surface area contributed by atoms with E-state index in [4.69, 9.17) is 5.84 Å². The number of hydrazine groups is 1. The highest BCUT2D eigenvalue weighted by Crippen LogP contribution is 2.19. The first kappa shape index (κ1) is 12.4. The molecular weight excluding hydrogens is 257 g/mol. The van der Waals surface area contributed by atoms with Crippen LogP contribution < -0.4 is 16.6 Å². The van der Waals surface area contributed by atoms with Gasteiger partial charge in [-0.1, -0.05) is 0 Å². The minimum atomic E-state index is -0.800. The molecule has 6 nitrogen and oxygen atoms in total. The zero-order chi connectivity index (χ0) is 13.1. The summed E-state index contributed by atoms with van der Waals surface area (Å²) in [5, 5.41) is 2.92. The van der Waals surface area contributed by atoms with Gasteiger partial charge >= 0.3 is 0 Å². The van der Waals surface area contributed by atoms with E-state index in [0.717, 1.165) is 4.88 Å². The van der Waals surface area contributed by atoms with Gasteiger partial charge in [0.1, 0.15) is 0 Å². The largest absolute Gasteiger partial charge is 0.306 e. The first-order valence-electron chi connectivity index (χ1n) is 4.96. The zero-order valence-corrected chi connectivity index (χ0v) is 10.2. The Morgan fingerprint density at radius 3 is 2.89 bits per heavy atom. The Labute approximate surface area is 106 Å². The molecule has 0 unspecified atom stereocenters. The van der Waals surface area contributed by atoms with Gasteiger partial charge in [0.05, 0.1) is 5.56 Å². The van der Waals surface area contributed by atoms with Gasteiger partial charge < -0.3 is 5.43 Å². The average molecular weight is 267 g/mol. The third-order valence-corrected chi connectivity index (χ3v) is 2.94. The predicted molar refractivity (Wildman–Crippen MR) is 66.8 cm³/mol. The molecule has 0 spiro atoms. The van der Waals surface area contributed by atoms with Crippen molar-refractivity contribution in [2.75, 3.05) is 10.7 Å². The lowest BCUT2D eigenvalue weighted by Gasteiger charge is -2.06. The quantitative estimate of drug-likeness (QED) is 0.579. The Kier molecular flexibility index (Phi) is 3.49. The van der Waals surface area contributed by atoms with Gasteiger partial charge in [-0.3, -0.25) is 10.1 Å². The Balaban J connectivity index is 2.24. The van der Waals surface area contributed by atoms with Crippen molar-refractivity contribution in [3.05, 3.63) is 34.7 Å². The van der Waals surface area contributed by atoms with Crippen LogP contribution in [0.5, 0.6) is 0 Å². The molecule has 0 aliphatic rings. The van der Waals surface area contributed by atoms with Crippen molar-refractivity contribution >= 4 is 28.2 Å². The van der Waals surface area contributed by atoms with Crippen LogP contribution in [0.1, 0.15) is 15.2 Å². The van der Waals surface area contributed by atoms with Crippen molar-refractivity contribution < 1.29 is 9.18 Å². The second kappa shape index (κ2) is 5.07. The number of thiazole rings is 1. The zero-order valence-electron chi connectivity index (χ0n) is 9.40. The van der Waals surface area contributed by atoms with E-state index in [1.807, 2.05) is 6.92 Å². The van der Waals surface area contributed by atoms with E-state index in [2.05, 4.69) is 20.7 Å². The van der Waals surface area contributed by atoms with Gasteiger partial charge in [-0.25, -0.2) is 20.2 Å². The fourth-order valence-electron chi connectivity index (χ4n) is 1.30. The summed E-state index contributed by atoms with van der Waals surface area (Å²) in [5.74, 6) is 3.50. The number of pyridine rings is 1. The molecule has 94 valence electrons. The summed E-state index contributed by atoms with van der Waals surface area (Å²) in [6.07, 6.45) is 2.91. The van der Waals surface area contributed by atoms with E-state index < -0.39 is 11.7 Å². The second-order valence-corrected chi connectivity index (χ2v) is 4.63. The molecule has 2 heterocycles. The second-order valence-electron chi connectivity index (χ2n) is 3.40. The van der Waals surface area contributed by atoms with E-state index >= 15 is 0 Å². The lowest BCUT2D eigenvalue weighted by atomic mass is 10.2. The Bertz CT molecular complexity index is 585. The molecule has 0 aliphatic heterocycles. The first-order chi connectivity index (χ1) is 8.61. The van der Waals surface area contributed by atoms with Gasteiger partial charge in [0.2, 0.25) is 0 Å². The molecule has 0 radical (unpaired) electrons. The van der Waals surface area contributed by atoms with Crippen LogP contribution in [0, 0.1) is 12.7 Å². The van der Waals surface area contributed by atoms with E-state index in [-0.39, 0.29) is 11.4 Å². The number of rotatable bonds is 3. The van der Waals surface area contributed by atoms with Crippen molar-refractivity contribution in [2.45, 2.75) is 6.92 Å². The number of anilines is 2. The number of nitrogens with zero attached hydrogens (tertiary/aromatic N) is 2. The monoisotopic (exact) mass is 267 g/mol. The lowest BCUT2D eigenvalue weighted by molar-refractivity contribution is 0.102. The number of carbonyl (C=O) groups is 1. The Morgan fingerprint density at radius 1 is 1.50 bits per heavy atom. The summed E-state index contributed by atoms with van der Waals surface area (Å²) in [7, 11) is 0. The van der Waals surface area contributed by atoms with Crippen molar-refractivity contribution in [2.24, 2.45) is 5.84 Å². The fraction of sp³-hybridized carbons (Fsp3) is 0.100. The van der Waals surface area contributed by atoms with Crippen LogP contribution in [0.4, 0.5) is 15.3 Å². The van der Waals surface area contributed by atoms with Crippen LogP contribution in [0.2, 0.25) is 0 Å². The maximum absolute atomic E-state index is 13.7. The van der Waals surface area contributed by atoms with Gasteiger partial charge in [-0.2, -0.15) is 0 Å². The van der Waals surface area contributed by atoms with Crippen molar-refractivity contribution in [1.82, 2.24) is 9.97 Å². The summed E-state index contributed by atoms with van der Waals surface area (Å²) in [6.45, 7) is 1.86. The number of carbonyl (C=O) groups excluding carboxylic acids is 1. The van der Waals surface area contributed by atoms with Crippen LogP contribution in [-0.4, -0.2) is 15.9 Å². The van der Waals surface area contributed by atoms with Gasteiger partial charge in [0.25, 0.3) is 5.91 Å². The van der Waals surface area contributed by atoms with E-state index in [0.29, 0.717) is 5.13 Å². The van der Waals surface area contributed by atoms with Gasteiger partial charge in [0, 0.05) is 17.3 Å². The number of hydrogen-bond donors (Lipinski definition) is 3. The highest BCUT2D eigenvalue weighted by atomic mass is 32.1. The van der Waals surface area contributed by atoms with Gasteiger partial charge in [-0.15, -0.1) is 11.3 Å². The van der Waals surface area contributed by atoms with E-state index in [1.165, 1.54) is 23.6 Å². The minimum absolute atomic E-state index is 0.147. The fourth-order valence-corrected chi connectivity index (χ4v) is 1.96. The van der Waals surface area contributed by atoms with E-state index in [1.54, 1.807) is 6.20 Å². The van der Waals surface area contributed by atoms with Crippen LogP contribution in [-0.2, 0) is 0 Å². The molecule has 2 aromatic heterocycles. The number of nitrogens with two attached hydrogens (primary N) is 1. The predicted octanol–water partition coefficient (Wildman–Crippen LogP) is 1.52. The van der Waals surface area contributed by atoms with Crippen molar-refractivity contribution in [3.8, 4) is 0 Å². The van der Waals surface area contributed by atoms with Crippen molar-refractivity contribution in [3.63, 3.8) is 0 Å². The molecule has 1 amide bonds. The van der Waals surface area contributed by atoms with Crippen LogP contribution >= 0.6 is 11.3 Å². The number of nitrogens with one attached hydrogen (secondary N) is 2. The third kappa shape index (κ3) is 2.44. The topological polar surface area (TPSA) is 92.9 Å². The summed E-state index contributed by atoms with van der Waals surface area (Å²) < 4.78 is 13.7. The molecule has 2 rings (SSSR count). The maximum atomic E-state index is 13.7. The Morgan fingerprint density at radius 2 is 2.28 bits per heavy atom. The van der Waals surface area contributed by atoms with Crippen LogP contribution in [0.25, 0.3) is 0 Å². The lowest BCUT2D eigenvalue weighted by Crippen LogP contribution is -2.17. The molecular formula is C10H10FN5OS. The third-order valence-electron chi connectivity index (χ3n) is 2.11. The highest BCUT2D eigenvalue weighted by molar-refractivity contribution is 7.15. The molecule has 0 aliphatic carbocycles. The first-order valence-corrected chi connectivity index (χ1v) is 5.78. The molecule has 18 heavy (non-hydrogen) atoms. The minimum Gasteiger partial charge on any atom is -0.306 e. The number of amides is 1. The number of aromatic nitrogens is 2. The SMILES string of the molecule is Cc1cnc(NC(=O)c2ccnc(NN)c2F)s1. The average Bonchev–Trinajstić information content (AvgIpc) is 2.75. The van der Waals surface area contributed by atoms with E-state index in [9.17, 15) is 9.18 Å². The number of halogens is 1. The standard InChI is InChI=1S/C10H10FN5OS/c1-5-4-14-10(18-5)15-9(17)6-2-3-13-8(16-12)7(6)11/h2-4H,12H2,1H3,(H,13,16)(H,14,15,17).